The third-order valence-corrected chi connectivity index (χ3v) is 3.81. The molecule has 2 aromatic rings. The normalized spacial score (nSPS) is 10.6. The van der Waals surface area contributed by atoms with Crippen LogP contribution >= 0.6 is 15.9 Å². The van der Waals surface area contributed by atoms with Crippen molar-refractivity contribution in [1.82, 2.24) is 0 Å². The second kappa shape index (κ2) is 8.08. The summed E-state index contributed by atoms with van der Waals surface area (Å²) in [6.45, 7) is 2.62. The van der Waals surface area contributed by atoms with Crippen LogP contribution in [0.25, 0.3) is 0 Å². The molecule has 0 aliphatic rings. The molecule has 0 aliphatic heterocycles. The molecule has 0 heterocycles. The van der Waals surface area contributed by atoms with Crippen LogP contribution in [0.4, 0.5) is 0 Å². The van der Waals surface area contributed by atoms with Crippen molar-refractivity contribution < 1.29 is 9.84 Å². The van der Waals surface area contributed by atoms with E-state index < -0.39 is 0 Å². The SMILES string of the molecule is CCCc1c(O)cccc1OCc1ccc(CCBr)cc1. The zero-order valence-corrected chi connectivity index (χ0v) is 13.9. The standard InChI is InChI=1S/C18H21BrO2/c1-2-4-16-17(20)5-3-6-18(16)21-13-15-9-7-14(8-10-15)11-12-19/h3,5-10,20H,2,4,11-13H2,1H3. The summed E-state index contributed by atoms with van der Waals surface area (Å²) in [7, 11) is 0. The maximum Gasteiger partial charge on any atom is 0.126 e. The van der Waals surface area contributed by atoms with Crippen molar-refractivity contribution in [2.45, 2.75) is 32.8 Å². The smallest absolute Gasteiger partial charge is 0.126 e. The lowest BCUT2D eigenvalue weighted by molar-refractivity contribution is 0.300. The molecule has 1 N–H and O–H groups in total. The number of phenols is 1. The minimum Gasteiger partial charge on any atom is -0.508 e. The molecule has 112 valence electrons. The highest BCUT2D eigenvalue weighted by atomic mass is 79.9. The monoisotopic (exact) mass is 348 g/mol. The number of phenolic OH excluding ortho intramolecular Hbond substituents is 1. The summed E-state index contributed by atoms with van der Waals surface area (Å²) >= 11 is 3.45. The number of halogens is 1. The molecule has 0 bridgehead atoms. The van der Waals surface area contributed by atoms with E-state index in [0.717, 1.165) is 41.5 Å². The number of aromatic hydroxyl groups is 1. The van der Waals surface area contributed by atoms with Gasteiger partial charge in [-0.15, -0.1) is 0 Å². The van der Waals surface area contributed by atoms with Gasteiger partial charge in [-0.3, -0.25) is 0 Å². The van der Waals surface area contributed by atoms with E-state index in [4.69, 9.17) is 4.74 Å². The summed E-state index contributed by atoms with van der Waals surface area (Å²) in [4.78, 5) is 0. The van der Waals surface area contributed by atoms with Crippen LogP contribution in [0.1, 0.15) is 30.0 Å². The summed E-state index contributed by atoms with van der Waals surface area (Å²) in [6, 6.07) is 13.9. The molecule has 3 heteroatoms. The van der Waals surface area contributed by atoms with E-state index in [1.165, 1.54) is 5.56 Å². The summed E-state index contributed by atoms with van der Waals surface area (Å²) in [5, 5.41) is 10.9. The van der Waals surface area contributed by atoms with Gasteiger partial charge in [0.1, 0.15) is 18.1 Å². The second-order valence-corrected chi connectivity index (χ2v) is 5.84. The van der Waals surface area contributed by atoms with Crippen molar-refractivity contribution in [3.8, 4) is 11.5 Å². The van der Waals surface area contributed by atoms with E-state index in [1.54, 1.807) is 6.07 Å². The number of alkyl halides is 1. The van der Waals surface area contributed by atoms with E-state index in [1.807, 2.05) is 12.1 Å². The van der Waals surface area contributed by atoms with Crippen molar-refractivity contribution in [1.29, 1.82) is 0 Å². The van der Waals surface area contributed by atoms with Gasteiger partial charge in [-0.25, -0.2) is 0 Å². The number of benzene rings is 2. The molecular weight excluding hydrogens is 328 g/mol. The van der Waals surface area contributed by atoms with Crippen LogP contribution in [0, 0.1) is 0 Å². The molecule has 0 atom stereocenters. The first-order chi connectivity index (χ1) is 10.2. The Morgan fingerprint density at radius 3 is 2.38 bits per heavy atom. The molecule has 0 saturated carbocycles. The van der Waals surface area contributed by atoms with E-state index in [2.05, 4.69) is 47.1 Å². The van der Waals surface area contributed by atoms with Gasteiger partial charge in [0.2, 0.25) is 0 Å². The minimum atomic E-state index is 0.321. The zero-order chi connectivity index (χ0) is 15.1. The maximum absolute atomic E-state index is 9.93. The second-order valence-electron chi connectivity index (χ2n) is 5.05. The third kappa shape index (κ3) is 4.50. The Hall–Kier alpha value is -1.48. The fourth-order valence-electron chi connectivity index (χ4n) is 2.26. The first kappa shape index (κ1) is 15.9. The number of hydrogen-bond acceptors (Lipinski definition) is 2. The van der Waals surface area contributed by atoms with Crippen LogP contribution in [0.15, 0.2) is 42.5 Å². The van der Waals surface area contributed by atoms with Crippen molar-refractivity contribution in [3.63, 3.8) is 0 Å². The number of hydrogen-bond donors (Lipinski definition) is 1. The highest BCUT2D eigenvalue weighted by Gasteiger charge is 2.08. The largest absolute Gasteiger partial charge is 0.508 e. The van der Waals surface area contributed by atoms with Crippen molar-refractivity contribution in [2.24, 2.45) is 0 Å². The van der Waals surface area contributed by atoms with Gasteiger partial charge in [-0.05, 0) is 36.1 Å². The average molecular weight is 349 g/mol. The van der Waals surface area contributed by atoms with Crippen LogP contribution in [-0.2, 0) is 19.4 Å². The zero-order valence-electron chi connectivity index (χ0n) is 12.3. The van der Waals surface area contributed by atoms with E-state index in [-0.39, 0.29) is 0 Å². The van der Waals surface area contributed by atoms with Gasteiger partial charge < -0.3 is 9.84 Å². The Kier molecular flexibility index (Phi) is 6.12. The highest BCUT2D eigenvalue weighted by Crippen LogP contribution is 2.29. The highest BCUT2D eigenvalue weighted by molar-refractivity contribution is 9.09. The maximum atomic E-state index is 9.93. The van der Waals surface area contributed by atoms with Crippen LogP contribution in [0.2, 0.25) is 0 Å². The molecule has 2 aromatic carbocycles. The quantitative estimate of drug-likeness (QED) is 0.724. The van der Waals surface area contributed by atoms with Gasteiger partial charge >= 0.3 is 0 Å². The topological polar surface area (TPSA) is 29.5 Å². The third-order valence-electron chi connectivity index (χ3n) is 3.41. The molecule has 0 spiro atoms. The number of rotatable bonds is 7. The Bertz CT molecular complexity index is 564. The van der Waals surface area contributed by atoms with Crippen LogP contribution < -0.4 is 4.74 Å². The fraction of sp³-hybridized carbons (Fsp3) is 0.333. The van der Waals surface area contributed by atoms with Gasteiger partial charge in [0, 0.05) is 10.9 Å². The van der Waals surface area contributed by atoms with Gasteiger partial charge in [0.25, 0.3) is 0 Å². The van der Waals surface area contributed by atoms with E-state index in [9.17, 15) is 5.11 Å². The molecule has 0 fully saturated rings. The molecule has 2 rings (SSSR count). The molecular formula is C18H21BrO2. The molecule has 0 radical (unpaired) electrons. The molecule has 0 aliphatic carbocycles. The van der Waals surface area contributed by atoms with Gasteiger partial charge in [0.15, 0.2) is 0 Å². The predicted octanol–water partition coefficient (Wildman–Crippen LogP) is 4.86. The number of aryl methyl sites for hydroxylation is 1. The number of ether oxygens (including phenoxy) is 1. The van der Waals surface area contributed by atoms with E-state index in [0.29, 0.717) is 12.4 Å². The Labute approximate surface area is 134 Å². The summed E-state index contributed by atoms with van der Waals surface area (Å²) < 4.78 is 5.89. The van der Waals surface area contributed by atoms with Crippen molar-refractivity contribution in [3.05, 3.63) is 59.2 Å². The van der Waals surface area contributed by atoms with Crippen LogP contribution in [-0.4, -0.2) is 10.4 Å². The lowest BCUT2D eigenvalue weighted by atomic mass is 10.1. The average Bonchev–Trinajstić information content (AvgIpc) is 2.50. The van der Waals surface area contributed by atoms with Gasteiger partial charge in [-0.1, -0.05) is 59.6 Å². The van der Waals surface area contributed by atoms with E-state index >= 15 is 0 Å². The Balaban J connectivity index is 2.04. The lowest BCUT2D eigenvalue weighted by Gasteiger charge is -2.12. The van der Waals surface area contributed by atoms with Gasteiger partial charge in [-0.2, -0.15) is 0 Å². The summed E-state index contributed by atoms with van der Waals surface area (Å²) in [5.41, 5.74) is 3.36. The summed E-state index contributed by atoms with van der Waals surface area (Å²) in [5.74, 6) is 1.10. The molecule has 0 unspecified atom stereocenters. The molecule has 0 amide bonds. The van der Waals surface area contributed by atoms with Crippen LogP contribution in [0.5, 0.6) is 11.5 Å². The fourth-order valence-corrected chi connectivity index (χ4v) is 2.72. The first-order valence-electron chi connectivity index (χ1n) is 7.32. The molecule has 0 saturated heterocycles. The molecule has 2 nitrogen and oxygen atoms in total. The molecule has 21 heavy (non-hydrogen) atoms. The lowest BCUT2D eigenvalue weighted by Crippen LogP contribution is -1.99. The Morgan fingerprint density at radius 2 is 1.71 bits per heavy atom. The Morgan fingerprint density at radius 1 is 1.00 bits per heavy atom. The van der Waals surface area contributed by atoms with Crippen molar-refractivity contribution in [2.75, 3.05) is 5.33 Å². The van der Waals surface area contributed by atoms with Crippen molar-refractivity contribution >= 4 is 15.9 Å². The predicted molar refractivity (Wildman–Crippen MR) is 90.4 cm³/mol. The minimum absolute atomic E-state index is 0.321. The first-order valence-corrected chi connectivity index (χ1v) is 8.44. The molecule has 0 aromatic heterocycles. The van der Waals surface area contributed by atoms with Gasteiger partial charge in [0.05, 0.1) is 0 Å². The summed E-state index contributed by atoms with van der Waals surface area (Å²) in [6.07, 6.45) is 2.84. The van der Waals surface area contributed by atoms with Crippen LogP contribution in [0.3, 0.4) is 0 Å².